The van der Waals surface area contributed by atoms with Crippen LogP contribution in [0.3, 0.4) is 0 Å². The second kappa shape index (κ2) is 10.7. The van der Waals surface area contributed by atoms with Gasteiger partial charge in [0.1, 0.15) is 22.9 Å². The summed E-state index contributed by atoms with van der Waals surface area (Å²) in [5.74, 6) is 1.60. The molecule has 0 atom stereocenters. The van der Waals surface area contributed by atoms with E-state index >= 15 is 0 Å². The van der Waals surface area contributed by atoms with Crippen LogP contribution in [0.1, 0.15) is 29.9 Å². The van der Waals surface area contributed by atoms with Crippen LogP contribution in [-0.2, 0) is 0 Å². The summed E-state index contributed by atoms with van der Waals surface area (Å²) in [5.41, 5.74) is 4.76. The van der Waals surface area contributed by atoms with Gasteiger partial charge in [0.25, 0.3) is 5.91 Å². The van der Waals surface area contributed by atoms with Crippen LogP contribution in [0.5, 0.6) is 17.2 Å². The van der Waals surface area contributed by atoms with E-state index in [1.54, 1.807) is 13.3 Å². The van der Waals surface area contributed by atoms with Gasteiger partial charge in [-0.15, -0.1) is 0 Å². The molecule has 0 saturated carbocycles. The number of nitrogens with zero attached hydrogens (tertiary/aromatic N) is 3. The van der Waals surface area contributed by atoms with Crippen LogP contribution in [0, 0.1) is 0 Å². The van der Waals surface area contributed by atoms with E-state index < -0.39 is 5.91 Å². The van der Waals surface area contributed by atoms with Gasteiger partial charge in [-0.2, -0.15) is 5.10 Å². The predicted molar refractivity (Wildman–Crippen MR) is 118 cm³/mol. The zero-order valence-corrected chi connectivity index (χ0v) is 17.7. The van der Waals surface area contributed by atoms with Crippen molar-refractivity contribution in [2.24, 2.45) is 5.10 Å². The SMILES string of the molecule is CCOc1cc(/C=N/NC(=O)c2cncc(-c3ccc(OC)cc3)n2)cc(OCC)c1. The molecule has 0 aliphatic heterocycles. The van der Waals surface area contributed by atoms with Gasteiger partial charge in [-0.05, 0) is 50.2 Å². The Labute approximate surface area is 180 Å². The van der Waals surface area contributed by atoms with Gasteiger partial charge in [0.15, 0.2) is 0 Å². The molecule has 1 aromatic heterocycles. The smallest absolute Gasteiger partial charge is 0.291 e. The van der Waals surface area contributed by atoms with Crippen molar-refractivity contribution in [3.05, 3.63) is 66.1 Å². The van der Waals surface area contributed by atoms with Crippen LogP contribution in [0.4, 0.5) is 0 Å². The molecule has 0 fully saturated rings. The summed E-state index contributed by atoms with van der Waals surface area (Å²) in [7, 11) is 1.60. The summed E-state index contributed by atoms with van der Waals surface area (Å²) in [6.07, 6.45) is 4.50. The van der Waals surface area contributed by atoms with E-state index in [1.165, 1.54) is 12.4 Å². The van der Waals surface area contributed by atoms with Crippen molar-refractivity contribution in [3.63, 3.8) is 0 Å². The zero-order valence-electron chi connectivity index (χ0n) is 17.7. The molecule has 0 unspecified atom stereocenters. The molecule has 1 amide bonds. The Morgan fingerprint density at radius 3 is 2.29 bits per heavy atom. The maximum Gasteiger partial charge on any atom is 0.291 e. The molecule has 0 aliphatic carbocycles. The molecule has 0 bridgehead atoms. The van der Waals surface area contributed by atoms with E-state index in [0.717, 1.165) is 16.9 Å². The molecular formula is C23H24N4O4. The van der Waals surface area contributed by atoms with Crippen molar-refractivity contribution in [1.29, 1.82) is 0 Å². The van der Waals surface area contributed by atoms with Crippen molar-refractivity contribution >= 4 is 12.1 Å². The third kappa shape index (κ3) is 6.02. The topological polar surface area (TPSA) is 94.9 Å². The highest BCUT2D eigenvalue weighted by Gasteiger charge is 2.09. The first-order chi connectivity index (χ1) is 15.1. The van der Waals surface area contributed by atoms with E-state index in [9.17, 15) is 4.79 Å². The van der Waals surface area contributed by atoms with Gasteiger partial charge >= 0.3 is 0 Å². The number of ether oxygens (including phenoxy) is 3. The number of methoxy groups -OCH3 is 1. The molecule has 3 rings (SSSR count). The summed E-state index contributed by atoms with van der Waals surface area (Å²) in [6.45, 7) is 4.88. The fraction of sp³-hybridized carbons (Fsp3) is 0.217. The highest BCUT2D eigenvalue weighted by Crippen LogP contribution is 2.22. The standard InChI is InChI=1S/C23H24N4O4/c1-4-30-19-10-16(11-20(12-19)31-5-2)13-25-27-23(28)22-15-24-14-21(26-22)17-6-8-18(29-3)9-7-17/h6-15H,4-5H2,1-3H3,(H,27,28)/b25-13+. The molecule has 0 saturated heterocycles. The minimum Gasteiger partial charge on any atom is -0.497 e. The minimum atomic E-state index is -0.467. The molecule has 31 heavy (non-hydrogen) atoms. The van der Waals surface area contributed by atoms with Gasteiger partial charge in [0.05, 0.1) is 44.6 Å². The van der Waals surface area contributed by atoms with E-state index in [-0.39, 0.29) is 5.69 Å². The Morgan fingerprint density at radius 2 is 1.68 bits per heavy atom. The maximum absolute atomic E-state index is 12.5. The molecule has 3 aromatic rings. The maximum atomic E-state index is 12.5. The second-order valence-electron chi connectivity index (χ2n) is 6.32. The molecule has 8 nitrogen and oxygen atoms in total. The molecule has 8 heteroatoms. The monoisotopic (exact) mass is 420 g/mol. The Morgan fingerprint density at radius 1 is 1.00 bits per heavy atom. The van der Waals surface area contributed by atoms with Crippen molar-refractivity contribution in [3.8, 4) is 28.5 Å². The molecule has 0 aliphatic rings. The summed E-state index contributed by atoms with van der Waals surface area (Å²) in [5, 5.41) is 4.03. The minimum absolute atomic E-state index is 0.156. The number of rotatable bonds is 9. The van der Waals surface area contributed by atoms with Crippen LogP contribution in [-0.4, -0.2) is 42.4 Å². The molecule has 160 valence electrons. The fourth-order valence-electron chi connectivity index (χ4n) is 2.77. The molecule has 1 N–H and O–H groups in total. The summed E-state index contributed by atoms with van der Waals surface area (Å²) < 4.78 is 16.2. The average molecular weight is 420 g/mol. The molecule has 2 aromatic carbocycles. The third-order valence-electron chi connectivity index (χ3n) is 4.16. The van der Waals surface area contributed by atoms with Crippen LogP contribution >= 0.6 is 0 Å². The Bertz CT molecular complexity index is 1030. The molecule has 0 spiro atoms. The highest BCUT2D eigenvalue weighted by atomic mass is 16.5. The van der Waals surface area contributed by atoms with Gasteiger partial charge < -0.3 is 14.2 Å². The summed E-state index contributed by atoms with van der Waals surface area (Å²) in [6, 6.07) is 12.8. The van der Waals surface area contributed by atoms with Gasteiger partial charge in [-0.25, -0.2) is 10.4 Å². The lowest BCUT2D eigenvalue weighted by atomic mass is 10.1. The zero-order chi connectivity index (χ0) is 22.1. The third-order valence-corrected chi connectivity index (χ3v) is 4.16. The number of hydrogen-bond acceptors (Lipinski definition) is 7. The van der Waals surface area contributed by atoms with E-state index in [1.807, 2.05) is 56.3 Å². The lowest BCUT2D eigenvalue weighted by Gasteiger charge is -2.08. The quantitative estimate of drug-likeness (QED) is 0.419. The number of aromatic nitrogens is 2. The number of hydrazone groups is 1. The first-order valence-electron chi connectivity index (χ1n) is 9.83. The Balaban J connectivity index is 1.71. The normalized spacial score (nSPS) is 10.7. The number of benzene rings is 2. The Hall–Kier alpha value is -3.94. The number of carbonyl (C=O) groups is 1. The Kier molecular flexibility index (Phi) is 7.53. The lowest BCUT2D eigenvalue weighted by molar-refractivity contribution is 0.0950. The average Bonchev–Trinajstić information content (AvgIpc) is 2.79. The number of amides is 1. The molecular weight excluding hydrogens is 396 g/mol. The van der Waals surface area contributed by atoms with Crippen molar-refractivity contribution < 1.29 is 19.0 Å². The van der Waals surface area contributed by atoms with Gasteiger partial charge in [0.2, 0.25) is 0 Å². The van der Waals surface area contributed by atoms with Gasteiger partial charge in [-0.1, -0.05) is 0 Å². The van der Waals surface area contributed by atoms with E-state index in [4.69, 9.17) is 14.2 Å². The van der Waals surface area contributed by atoms with Crippen LogP contribution in [0.25, 0.3) is 11.3 Å². The first-order valence-corrected chi connectivity index (χ1v) is 9.83. The lowest BCUT2D eigenvalue weighted by Crippen LogP contribution is -2.19. The fourth-order valence-corrected chi connectivity index (χ4v) is 2.77. The number of nitrogens with one attached hydrogen (secondary N) is 1. The summed E-state index contributed by atoms with van der Waals surface area (Å²) >= 11 is 0. The van der Waals surface area contributed by atoms with Crippen molar-refractivity contribution in [1.82, 2.24) is 15.4 Å². The van der Waals surface area contributed by atoms with E-state index in [0.29, 0.717) is 30.4 Å². The van der Waals surface area contributed by atoms with E-state index in [2.05, 4.69) is 20.5 Å². The van der Waals surface area contributed by atoms with Gasteiger partial charge in [0, 0.05) is 17.2 Å². The number of hydrogen-bond donors (Lipinski definition) is 1. The van der Waals surface area contributed by atoms with Crippen LogP contribution < -0.4 is 19.6 Å². The summed E-state index contributed by atoms with van der Waals surface area (Å²) in [4.78, 5) is 20.9. The molecule has 1 heterocycles. The predicted octanol–water partition coefficient (Wildman–Crippen LogP) is 3.71. The van der Waals surface area contributed by atoms with Crippen molar-refractivity contribution in [2.45, 2.75) is 13.8 Å². The second-order valence-corrected chi connectivity index (χ2v) is 6.32. The first kappa shape index (κ1) is 21.8. The molecule has 0 radical (unpaired) electrons. The highest BCUT2D eigenvalue weighted by molar-refractivity contribution is 5.93. The van der Waals surface area contributed by atoms with Gasteiger partial charge in [-0.3, -0.25) is 9.78 Å². The number of carbonyl (C=O) groups excluding carboxylic acids is 1. The largest absolute Gasteiger partial charge is 0.497 e. The van der Waals surface area contributed by atoms with Crippen LogP contribution in [0.2, 0.25) is 0 Å². The van der Waals surface area contributed by atoms with Crippen molar-refractivity contribution in [2.75, 3.05) is 20.3 Å². The van der Waals surface area contributed by atoms with Crippen LogP contribution in [0.15, 0.2) is 60.0 Å².